The second-order valence-corrected chi connectivity index (χ2v) is 16.6. The molecule has 52 heavy (non-hydrogen) atoms. The van der Waals surface area contributed by atoms with Crippen molar-refractivity contribution in [2.24, 2.45) is 23.7 Å². The van der Waals surface area contributed by atoms with Gasteiger partial charge in [-0.1, -0.05) is 27.7 Å². The van der Waals surface area contributed by atoms with E-state index in [4.69, 9.17) is 33.2 Å². The highest BCUT2D eigenvalue weighted by Gasteiger charge is 2.54. The zero-order valence-electron chi connectivity index (χ0n) is 33.9. The van der Waals surface area contributed by atoms with Gasteiger partial charge in [-0.3, -0.25) is 9.59 Å². The SMILES string of the molecule is CC[C@@H]1OC(=O)[C@@H](C)[C@H](O[C@@H]2C[C@](C)(OC)[C@H](O)[C@@H](C)O2)C(C)[C@H](O[C@H]2O[C@@H](C)C[C@@H](N(C)C)[C@@H]2O)[C@@](C)(OC)C[C@H](C)C(=O)[C@@H](C)[C@H](O)[C@@]1(C)O. The van der Waals surface area contributed by atoms with Crippen molar-refractivity contribution >= 4 is 11.8 Å². The summed E-state index contributed by atoms with van der Waals surface area (Å²) in [6.07, 6.45) is -8.73. The van der Waals surface area contributed by atoms with Crippen molar-refractivity contribution in [2.45, 2.75) is 179 Å². The molecule has 18 atom stereocenters. The van der Waals surface area contributed by atoms with E-state index in [1.807, 2.05) is 32.8 Å². The first-order valence-electron chi connectivity index (χ1n) is 18.9. The Morgan fingerprint density at radius 3 is 1.98 bits per heavy atom. The van der Waals surface area contributed by atoms with Crippen LogP contribution in [0.4, 0.5) is 0 Å². The summed E-state index contributed by atoms with van der Waals surface area (Å²) in [4.78, 5) is 30.1. The van der Waals surface area contributed by atoms with Gasteiger partial charge >= 0.3 is 5.97 Å². The van der Waals surface area contributed by atoms with Crippen LogP contribution in [0.5, 0.6) is 0 Å². The monoisotopic (exact) mass is 747 g/mol. The van der Waals surface area contributed by atoms with Crippen molar-refractivity contribution in [2.75, 3.05) is 28.3 Å². The predicted molar refractivity (Wildman–Crippen MR) is 191 cm³/mol. The van der Waals surface area contributed by atoms with Crippen LogP contribution in [-0.2, 0) is 42.7 Å². The van der Waals surface area contributed by atoms with Crippen molar-refractivity contribution < 1.29 is 63.2 Å². The maximum atomic E-state index is 14.2. The fourth-order valence-corrected chi connectivity index (χ4v) is 8.58. The van der Waals surface area contributed by atoms with Gasteiger partial charge in [0.25, 0.3) is 0 Å². The molecule has 1 unspecified atom stereocenters. The highest BCUT2D eigenvalue weighted by atomic mass is 16.7. The Balaban J connectivity index is 2.22. The Kier molecular flexibility index (Phi) is 15.3. The average Bonchev–Trinajstić information content (AvgIpc) is 3.09. The minimum Gasteiger partial charge on any atom is -0.459 e. The standard InChI is InChI=1S/C38H69NO13/c1-15-26-38(10,45)31(42)21(4)28(40)19(2)17-37(9,47-14)33(52-35-29(41)25(39(11)12)16-20(3)48-35)22(5)30(23(6)34(44)50-26)51-27-18-36(8,46-13)32(43)24(7)49-27/h19-27,29-33,35,41-43,45H,15-18H2,1-14H3/t19-,20-,21+,22?,23-,24+,25+,26-,27+,29-,30+,31-,32+,33-,35+,36-,37-,38-/m0/s1. The molecule has 14 heteroatoms. The zero-order valence-corrected chi connectivity index (χ0v) is 33.9. The van der Waals surface area contributed by atoms with Gasteiger partial charge in [0.2, 0.25) is 0 Å². The fraction of sp³-hybridized carbons (Fsp3) is 0.947. The van der Waals surface area contributed by atoms with E-state index < -0.39 is 102 Å². The van der Waals surface area contributed by atoms with E-state index in [2.05, 4.69) is 0 Å². The quantitative estimate of drug-likeness (QED) is 0.266. The summed E-state index contributed by atoms with van der Waals surface area (Å²) in [7, 11) is 6.77. The van der Waals surface area contributed by atoms with Crippen LogP contribution in [-0.4, -0.2) is 150 Å². The Bertz CT molecular complexity index is 1190. The first kappa shape index (κ1) is 45.1. The van der Waals surface area contributed by atoms with Crippen molar-refractivity contribution in [3.63, 3.8) is 0 Å². The molecule has 0 saturated carbocycles. The molecule has 304 valence electrons. The molecule has 0 radical (unpaired) electrons. The summed E-state index contributed by atoms with van der Waals surface area (Å²) in [5.41, 5.74) is -4.24. The number of likely N-dealkylation sites (N-methyl/N-ethyl adjacent to an activating group) is 1. The molecule has 0 aromatic rings. The first-order valence-corrected chi connectivity index (χ1v) is 18.9. The minimum absolute atomic E-state index is 0.111. The second kappa shape index (κ2) is 17.7. The number of esters is 1. The third kappa shape index (κ3) is 9.38. The number of aliphatic hydroxyl groups excluding tert-OH is 3. The van der Waals surface area contributed by atoms with Crippen LogP contribution < -0.4 is 0 Å². The van der Waals surface area contributed by atoms with Gasteiger partial charge in [-0.05, 0) is 74.9 Å². The average molecular weight is 748 g/mol. The van der Waals surface area contributed by atoms with Gasteiger partial charge < -0.3 is 58.5 Å². The van der Waals surface area contributed by atoms with E-state index in [1.54, 1.807) is 48.5 Å². The number of aliphatic hydroxyl groups is 4. The van der Waals surface area contributed by atoms with Crippen molar-refractivity contribution in [1.29, 1.82) is 0 Å². The summed E-state index contributed by atoms with van der Waals surface area (Å²) < 4.78 is 43.9. The molecular weight excluding hydrogens is 678 g/mol. The summed E-state index contributed by atoms with van der Waals surface area (Å²) in [5, 5.41) is 45.6. The Morgan fingerprint density at radius 2 is 1.44 bits per heavy atom. The molecule has 0 spiro atoms. The van der Waals surface area contributed by atoms with Crippen LogP contribution in [0, 0.1) is 23.7 Å². The lowest BCUT2D eigenvalue weighted by Crippen LogP contribution is -2.61. The third-order valence-electron chi connectivity index (χ3n) is 12.3. The number of ether oxygens (including phenoxy) is 7. The molecule has 0 bridgehead atoms. The largest absolute Gasteiger partial charge is 0.459 e. The molecule has 3 aliphatic rings. The Hall–Kier alpha value is -1.30. The maximum Gasteiger partial charge on any atom is 0.311 e. The van der Waals surface area contributed by atoms with E-state index in [0.29, 0.717) is 6.42 Å². The molecule has 0 aliphatic carbocycles. The van der Waals surface area contributed by atoms with Crippen LogP contribution in [0.2, 0.25) is 0 Å². The number of hydrogen-bond acceptors (Lipinski definition) is 14. The van der Waals surface area contributed by atoms with Crippen LogP contribution in [0.25, 0.3) is 0 Å². The summed E-state index contributed by atoms with van der Waals surface area (Å²) in [6.45, 7) is 17.1. The van der Waals surface area contributed by atoms with E-state index in [9.17, 15) is 30.0 Å². The van der Waals surface area contributed by atoms with Gasteiger partial charge in [-0.15, -0.1) is 0 Å². The lowest BCUT2D eigenvalue weighted by Gasteiger charge is -2.50. The number of Topliss-reactive ketones (excluding diaryl/α,β-unsaturated/α-hetero) is 1. The van der Waals surface area contributed by atoms with Gasteiger partial charge in [0, 0.05) is 44.4 Å². The number of rotatable bonds is 8. The smallest absolute Gasteiger partial charge is 0.311 e. The van der Waals surface area contributed by atoms with Gasteiger partial charge in [0.05, 0.1) is 47.6 Å². The number of methoxy groups -OCH3 is 2. The molecular formula is C38H69NO13. The van der Waals surface area contributed by atoms with Gasteiger partial charge in [0.15, 0.2) is 12.6 Å². The van der Waals surface area contributed by atoms with E-state index in [-0.39, 0.29) is 37.2 Å². The lowest BCUT2D eigenvalue weighted by molar-refractivity contribution is -0.319. The maximum absolute atomic E-state index is 14.2. The number of nitrogens with zero attached hydrogens (tertiary/aromatic N) is 1. The Labute approximate surface area is 310 Å². The van der Waals surface area contributed by atoms with Gasteiger partial charge in [-0.2, -0.15) is 0 Å². The predicted octanol–water partition coefficient (Wildman–Crippen LogP) is 2.44. The normalized spacial score (nSPS) is 49.0. The lowest BCUT2D eigenvalue weighted by atomic mass is 9.74. The number of ketones is 1. The van der Waals surface area contributed by atoms with Crippen molar-refractivity contribution in [3.05, 3.63) is 0 Å². The van der Waals surface area contributed by atoms with Crippen LogP contribution in [0.1, 0.15) is 94.9 Å². The van der Waals surface area contributed by atoms with E-state index in [1.165, 1.54) is 21.1 Å². The van der Waals surface area contributed by atoms with Gasteiger partial charge in [0.1, 0.15) is 29.7 Å². The van der Waals surface area contributed by atoms with E-state index >= 15 is 0 Å². The molecule has 0 aromatic carbocycles. The summed E-state index contributed by atoms with van der Waals surface area (Å²) >= 11 is 0. The summed E-state index contributed by atoms with van der Waals surface area (Å²) in [5.74, 6) is -4.47. The number of hydrogen-bond donors (Lipinski definition) is 4. The summed E-state index contributed by atoms with van der Waals surface area (Å²) in [6, 6.07) is -0.283. The molecule has 3 saturated heterocycles. The number of carbonyl (C=O) groups is 2. The minimum atomic E-state index is -1.96. The third-order valence-corrected chi connectivity index (χ3v) is 12.3. The zero-order chi connectivity index (χ0) is 39.7. The second-order valence-electron chi connectivity index (χ2n) is 16.6. The van der Waals surface area contributed by atoms with Crippen molar-refractivity contribution in [1.82, 2.24) is 4.90 Å². The van der Waals surface area contributed by atoms with Crippen molar-refractivity contribution in [3.8, 4) is 0 Å². The molecule has 3 rings (SSSR count). The van der Waals surface area contributed by atoms with Gasteiger partial charge in [-0.25, -0.2) is 0 Å². The van der Waals surface area contributed by atoms with Crippen LogP contribution in [0.3, 0.4) is 0 Å². The fourth-order valence-electron chi connectivity index (χ4n) is 8.58. The molecule has 0 amide bonds. The molecule has 0 aromatic heterocycles. The molecule has 14 nitrogen and oxygen atoms in total. The number of carbonyl (C=O) groups excluding carboxylic acids is 2. The molecule has 3 aliphatic heterocycles. The van der Waals surface area contributed by atoms with E-state index in [0.717, 1.165) is 0 Å². The number of cyclic esters (lactones) is 1. The van der Waals surface area contributed by atoms with Crippen LogP contribution >= 0.6 is 0 Å². The van der Waals surface area contributed by atoms with Crippen LogP contribution in [0.15, 0.2) is 0 Å². The highest BCUT2D eigenvalue weighted by Crippen LogP contribution is 2.41. The first-order chi connectivity index (χ1) is 24.0. The molecule has 3 fully saturated rings. The highest BCUT2D eigenvalue weighted by molar-refractivity contribution is 5.83. The Morgan fingerprint density at radius 1 is 0.846 bits per heavy atom. The topological polar surface area (TPSA) is 183 Å². The molecule has 4 N–H and O–H groups in total. The molecule has 3 heterocycles.